The number of hydrogen-bond donors (Lipinski definition) is 1. The van der Waals surface area contributed by atoms with Crippen molar-refractivity contribution >= 4 is 23.5 Å². The number of nitrogens with two attached hydrogens (primary N) is 1. The van der Waals surface area contributed by atoms with Crippen molar-refractivity contribution in [3.63, 3.8) is 0 Å². The highest BCUT2D eigenvalue weighted by molar-refractivity contribution is 6.28. The van der Waals surface area contributed by atoms with Gasteiger partial charge in [0.1, 0.15) is 0 Å². The third-order valence-corrected chi connectivity index (χ3v) is 4.14. The second-order valence-corrected chi connectivity index (χ2v) is 5.59. The molecule has 2 aliphatic heterocycles. The quantitative estimate of drug-likeness (QED) is 0.878. The molecule has 0 bridgehead atoms. The molecule has 2 aliphatic rings. The normalized spacial score (nSPS) is 24.9. The van der Waals surface area contributed by atoms with Gasteiger partial charge >= 0.3 is 0 Å². The maximum Gasteiger partial charge on any atom is 0.231 e. The van der Waals surface area contributed by atoms with Gasteiger partial charge in [0.25, 0.3) is 0 Å². The predicted molar refractivity (Wildman–Crippen MR) is 75.3 cm³/mol. The number of nitrogen functional groups attached to an aromatic ring is 1. The van der Waals surface area contributed by atoms with E-state index in [9.17, 15) is 0 Å². The molecule has 0 spiro atoms. The lowest BCUT2D eigenvalue weighted by molar-refractivity contribution is 0.174. The number of hydrogen-bond acceptors (Lipinski definition) is 6. The molecule has 0 saturated carbocycles. The highest BCUT2D eigenvalue weighted by Crippen LogP contribution is 2.23. The first-order chi connectivity index (χ1) is 9.22. The number of aromatic nitrogens is 3. The molecule has 2 fully saturated rings. The summed E-state index contributed by atoms with van der Waals surface area (Å²) in [4.78, 5) is 16.9. The Kier molecular flexibility index (Phi) is 3.70. The van der Waals surface area contributed by atoms with Crippen LogP contribution < -0.4 is 10.6 Å². The molecule has 2 saturated heterocycles. The molecular weight excluding hydrogens is 264 g/mol. The lowest BCUT2D eigenvalue weighted by atomic mass is 10.1. The summed E-state index contributed by atoms with van der Waals surface area (Å²) >= 11 is 5.83. The summed E-state index contributed by atoms with van der Waals surface area (Å²) in [5, 5.41) is 0.170. The van der Waals surface area contributed by atoms with Gasteiger partial charge in [-0.2, -0.15) is 15.0 Å². The third kappa shape index (κ3) is 2.90. The van der Waals surface area contributed by atoms with Crippen molar-refractivity contribution in [2.45, 2.75) is 31.7 Å². The van der Waals surface area contributed by atoms with Crippen LogP contribution in [-0.2, 0) is 0 Å². The van der Waals surface area contributed by atoms with Gasteiger partial charge in [-0.1, -0.05) is 6.42 Å². The lowest BCUT2D eigenvalue weighted by Crippen LogP contribution is -2.41. The lowest BCUT2D eigenvalue weighted by Gasteiger charge is -2.32. The van der Waals surface area contributed by atoms with Crippen molar-refractivity contribution in [3.05, 3.63) is 5.28 Å². The van der Waals surface area contributed by atoms with Crippen LogP contribution in [0.15, 0.2) is 0 Å². The standard InChI is InChI=1S/C12H19ClN6/c13-10-15-11(14)17-12(16-10)19-7-4-9(8-19)18-5-2-1-3-6-18/h9H,1-8H2,(H2,14,15,16,17). The highest BCUT2D eigenvalue weighted by atomic mass is 35.5. The van der Waals surface area contributed by atoms with Crippen LogP contribution in [0.2, 0.25) is 5.28 Å². The van der Waals surface area contributed by atoms with Gasteiger partial charge in [0.15, 0.2) is 0 Å². The van der Waals surface area contributed by atoms with E-state index in [1.54, 1.807) is 0 Å². The van der Waals surface area contributed by atoms with Gasteiger partial charge < -0.3 is 10.6 Å². The molecule has 104 valence electrons. The van der Waals surface area contributed by atoms with Crippen LogP contribution in [0.25, 0.3) is 0 Å². The van der Waals surface area contributed by atoms with Crippen LogP contribution in [0.4, 0.5) is 11.9 Å². The van der Waals surface area contributed by atoms with Crippen LogP contribution in [0.5, 0.6) is 0 Å². The first-order valence-electron chi connectivity index (χ1n) is 6.88. The molecule has 0 amide bonds. The van der Waals surface area contributed by atoms with E-state index in [1.165, 1.54) is 32.4 Å². The number of nitrogens with zero attached hydrogens (tertiary/aromatic N) is 5. The van der Waals surface area contributed by atoms with Gasteiger partial charge in [-0.15, -0.1) is 0 Å². The SMILES string of the molecule is Nc1nc(Cl)nc(N2CCC(N3CCCCC3)C2)n1. The molecule has 7 heteroatoms. The van der Waals surface area contributed by atoms with E-state index >= 15 is 0 Å². The molecule has 1 aromatic heterocycles. The first kappa shape index (κ1) is 12.9. The minimum atomic E-state index is 0.170. The Labute approximate surface area is 118 Å². The summed E-state index contributed by atoms with van der Waals surface area (Å²) in [6.07, 6.45) is 5.16. The zero-order valence-corrected chi connectivity index (χ0v) is 11.7. The molecule has 1 aromatic rings. The van der Waals surface area contributed by atoms with E-state index < -0.39 is 0 Å². The maximum absolute atomic E-state index is 5.83. The molecule has 19 heavy (non-hydrogen) atoms. The van der Waals surface area contributed by atoms with Gasteiger partial charge in [0, 0.05) is 19.1 Å². The number of likely N-dealkylation sites (tertiary alicyclic amines) is 1. The molecule has 1 unspecified atom stereocenters. The Morgan fingerprint density at radius 2 is 1.84 bits per heavy atom. The second-order valence-electron chi connectivity index (χ2n) is 5.25. The largest absolute Gasteiger partial charge is 0.368 e. The summed E-state index contributed by atoms with van der Waals surface area (Å²) in [7, 11) is 0. The van der Waals surface area contributed by atoms with E-state index in [4.69, 9.17) is 17.3 Å². The molecular formula is C12H19ClN6. The molecule has 3 heterocycles. The summed E-state index contributed by atoms with van der Waals surface area (Å²) < 4.78 is 0. The molecule has 6 nitrogen and oxygen atoms in total. The molecule has 3 rings (SSSR count). The van der Waals surface area contributed by atoms with Gasteiger partial charge in [-0.3, -0.25) is 4.90 Å². The van der Waals surface area contributed by atoms with Crippen LogP contribution in [0.1, 0.15) is 25.7 Å². The third-order valence-electron chi connectivity index (χ3n) is 3.97. The molecule has 1 atom stereocenters. The fourth-order valence-corrected chi connectivity index (χ4v) is 3.16. The summed E-state index contributed by atoms with van der Waals surface area (Å²) in [6.45, 7) is 4.36. The Morgan fingerprint density at radius 1 is 1.05 bits per heavy atom. The molecule has 0 aromatic carbocycles. The monoisotopic (exact) mass is 282 g/mol. The fraction of sp³-hybridized carbons (Fsp3) is 0.750. The van der Waals surface area contributed by atoms with Crippen LogP contribution in [0.3, 0.4) is 0 Å². The van der Waals surface area contributed by atoms with Gasteiger partial charge in [-0.05, 0) is 44.0 Å². The summed E-state index contributed by atoms with van der Waals surface area (Å²) in [6, 6.07) is 0.608. The topological polar surface area (TPSA) is 71.2 Å². The Bertz CT molecular complexity index is 428. The maximum atomic E-state index is 5.83. The van der Waals surface area contributed by atoms with E-state index in [0.717, 1.165) is 19.5 Å². The van der Waals surface area contributed by atoms with Crippen molar-refractivity contribution < 1.29 is 0 Å². The minimum absolute atomic E-state index is 0.170. The van der Waals surface area contributed by atoms with Crippen molar-refractivity contribution in [2.75, 3.05) is 36.8 Å². The zero-order valence-electron chi connectivity index (χ0n) is 10.9. The smallest absolute Gasteiger partial charge is 0.231 e. The van der Waals surface area contributed by atoms with E-state index in [1.807, 2.05) is 0 Å². The predicted octanol–water partition coefficient (Wildman–Crippen LogP) is 1.17. The average Bonchev–Trinajstić information content (AvgIpc) is 2.88. The second kappa shape index (κ2) is 5.46. The van der Waals surface area contributed by atoms with Crippen molar-refractivity contribution in [2.24, 2.45) is 0 Å². The van der Waals surface area contributed by atoms with E-state index in [0.29, 0.717) is 12.0 Å². The van der Waals surface area contributed by atoms with Crippen LogP contribution in [-0.4, -0.2) is 52.1 Å². The number of rotatable bonds is 2. The first-order valence-corrected chi connectivity index (χ1v) is 7.26. The minimum Gasteiger partial charge on any atom is -0.368 e. The highest BCUT2D eigenvalue weighted by Gasteiger charge is 2.30. The van der Waals surface area contributed by atoms with Gasteiger partial charge in [0.05, 0.1) is 0 Å². The van der Waals surface area contributed by atoms with Crippen LogP contribution in [0, 0.1) is 0 Å². The van der Waals surface area contributed by atoms with Crippen LogP contribution >= 0.6 is 11.6 Å². The summed E-state index contributed by atoms with van der Waals surface area (Å²) in [5.41, 5.74) is 5.62. The Hall–Kier alpha value is -1.14. The van der Waals surface area contributed by atoms with E-state index in [2.05, 4.69) is 24.8 Å². The number of halogens is 1. The Balaban J connectivity index is 1.67. The molecule has 0 radical (unpaired) electrons. The molecule has 0 aliphatic carbocycles. The van der Waals surface area contributed by atoms with Crippen molar-refractivity contribution in [1.29, 1.82) is 0 Å². The van der Waals surface area contributed by atoms with Gasteiger partial charge in [-0.25, -0.2) is 0 Å². The van der Waals surface area contributed by atoms with Gasteiger partial charge in [0.2, 0.25) is 17.2 Å². The van der Waals surface area contributed by atoms with Crippen molar-refractivity contribution in [3.8, 4) is 0 Å². The zero-order chi connectivity index (χ0) is 13.2. The number of piperidine rings is 1. The van der Waals surface area contributed by atoms with Crippen molar-refractivity contribution in [1.82, 2.24) is 19.9 Å². The Morgan fingerprint density at radius 3 is 2.58 bits per heavy atom. The average molecular weight is 283 g/mol. The number of anilines is 2. The molecule has 2 N–H and O–H groups in total. The summed E-state index contributed by atoms with van der Waals surface area (Å²) in [5.74, 6) is 0.799. The fourth-order valence-electron chi connectivity index (χ4n) is 3.00. The van der Waals surface area contributed by atoms with E-state index in [-0.39, 0.29) is 11.2 Å².